The summed E-state index contributed by atoms with van der Waals surface area (Å²) in [6.07, 6.45) is 4.65. The van der Waals surface area contributed by atoms with Gasteiger partial charge in [-0.2, -0.15) is 0 Å². The molecule has 0 unspecified atom stereocenters. The van der Waals surface area contributed by atoms with Gasteiger partial charge in [-0.05, 0) is 25.0 Å². The fraction of sp³-hybridized carbons (Fsp3) is 0.500. The molecule has 108 valence electrons. The van der Waals surface area contributed by atoms with Crippen LogP contribution in [0.4, 0.5) is 5.69 Å². The molecule has 1 saturated heterocycles. The van der Waals surface area contributed by atoms with Crippen LogP contribution in [0, 0.1) is 5.41 Å². The highest BCUT2D eigenvalue weighted by molar-refractivity contribution is 5.95. The van der Waals surface area contributed by atoms with E-state index in [1.165, 1.54) is 0 Å². The summed E-state index contributed by atoms with van der Waals surface area (Å²) >= 11 is 0. The lowest BCUT2D eigenvalue weighted by molar-refractivity contribution is -0.130. The number of nitrogens with zero attached hydrogens (tertiary/aromatic N) is 1. The fourth-order valence-electron chi connectivity index (χ4n) is 1.99. The van der Waals surface area contributed by atoms with Crippen molar-refractivity contribution >= 4 is 36.4 Å². The monoisotopic (exact) mass is 307 g/mol. The first kappa shape index (κ1) is 18.1. The Hall–Kier alpha value is -0.880. The van der Waals surface area contributed by atoms with Gasteiger partial charge < -0.3 is 15.8 Å². The molecule has 0 aromatic carbocycles. The molecule has 1 amide bonds. The Morgan fingerprint density at radius 1 is 1.42 bits per heavy atom. The molecule has 1 aromatic rings. The SMILES string of the molecule is Cl.Cl.NCC1(C(=O)Nc2cccnc2)CCOCC1. The zero-order valence-electron chi connectivity index (χ0n) is 10.5. The lowest BCUT2D eigenvalue weighted by Crippen LogP contribution is -2.46. The molecule has 3 N–H and O–H groups in total. The molecule has 0 saturated carbocycles. The number of carbonyl (C=O) groups is 1. The van der Waals surface area contributed by atoms with Gasteiger partial charge in [0.05, 0.1) is 17.3 Å². The molecule has 5 nitrogen and oxygen atoms in total. The number of anilines is 1. The average Bonchev–Trinajstić information content (AvgIpc) is 2.40. The molecule has 7 heteroatoms. The second kappa shape index (κ2) is 8.32. The number of nitrogens with two attached hydrogens (primary N) is 1. The van der Waals surface area contributed by atoms with Crippen molar-refractivity contribution < 1.29 is 9.53 Å². The van der Waals surface area contributed by atoms with Gasteiger partial charge in [0.15, 0.2) is 0 Å². The number of carbonyl (C=O) groups excluding carboxylic acids is 1. The Morgan fingerprint density at radius 3 is 2.63 bits per heavy atom. The van der Waals surface area contributed by atoms with Crippen molar-refractivity contribution in [3.63, 3.8) is 0 Å². The average molecular weight is 308 g/mol. The third-order valence-corrected chi connectivity index (χ3v) is 3.24. The molecule has 2 rings (SSSR count). The van der Waals surface area contributed by atoms with E-state index in [4.69, 9.17) is 10.5 Å². The van der Waals surface area contributed by atoms with Gasteiger partial charge in [0.1, 0.15) is 0 Å². The first-order valence-corrected chi connectivity index (χ1v) is 5.76. The van der Waals surface area contributed by atoms with E-state index in [9.17, 15) is 4.79 Å². The molecule has 2 heterocycles. The van der Waals surface area contributed by atoms with Gasteiger partial charge >= 0.3 is 0 Å². The molecule has 0 radical (unpaired) electrons. The molecule has 1 aromatic heterocycles. The van der Waals surface area contributed by atoms with E-state index >= 15 is 0 Å². The second-order valence-corrected chi connectivity index (χ2v) is 4.29. The van der Waals surface area contributed by atoms with Gasteiger partial charge in [0, 0.05) is 26.0 Å². The first-order chi connectivity index (χ1) is 8.27. The van der Waals surface area contributed by atoms with Crippen LogP contribution >= 0.6 is 24.8 Å². The van der Waals surface area contributed by atoms with Crippen molar-refractivity contribution in [3.8, 4) is 0 Å². The smallest absolute Gasteiger partial charge is 0.232 e. The van der Waals surface area contributed by atoms with Crippen LogP contribution in [0.3, 0.4) is 0 Å². The summed E-state index contributed by atoms with van der Waals surface area (Å²) in [5.74, 6) is -0.0312. The van der Waals surface area contributed by atoms with Gasteiger partial charge in [0.25, 0.3) is 0 Å². The van der Waals surface area contributed by atoms with E-state index in [-0.39, 0.29) is 30.7 Å². The molecule has 0 atom stereocenters. The van der Waals surface area contributed by atoms with E-state index in [1.54, 1.807) is 18.5 Å². The van der Waals surface area contributed by atoms with E-state index in [0.29, 0.717) is 38.3 Å². The summed E-state index contributed by atoms with van der Waals surface area (Å²) in [4.78, 5) is 16.2. The van der Waals surface area contributed by atoms with Gasteiger partial charge in [-0.3, -0.25) is 9.78 Å². The molecule has 1 fully saturated rings. The molecule has 19 heavy (non-hydrogen) atoms. The number of halogens is 2. The summed E-state index contributed by atoms with van der Waals surface area (Å²) in [5.41, 5.74) is 5.97. The number of nitrogens with one attached hydrogen (secondary N) is 1. The largest absolute Gasteiger partial charge is 0.381 e. The van der Waals surface area contributed by atoms with Gasteiger partial charge in [-0.15, -0.1) is 24.8 Å². The minimum absolute atomic E-state index is 0. The Kier molecular flexibility index (Phi) is 7.94. The van der Waals surface area contributed by atoms with Crippen LogP contribution in [0.15, 0.2) is 24.5 Å². The topological polar surface area (TPSA) is 77.2 Å². The van der Waals surface area contributed by atoms with Gasteiger partial charge in [-0.25, -0.2) is 0 Å². The Balaban J connectivity index is 0.00000162. The second-order valence-electron chi connectivity index (χ2n) is 4.29. The summed E-state index contributed by atoms with van der Waals surface area (Å²) < 4.78 is 5.28. The van der Waals surface area contributed by atoms with E-state index in [1.807, 2.05) is 6.07 Å². The Morgan fingerprint density at radius 2 is 2.11 bits per heavy atom. The van der Waals surface area contributed by atoms with Crippen LogP contribution in [-0.2, 0) is 9.53 Å². The molecule has 1 aliphatic rings. The lowest BCUT2D eigenvalue weighted by Gasteiger charge is -2.34. The number of rotatable bonds is 3. The predicted octanol–water partition coefficient (Wildman–Crippen LogP) is 1.62. The highest BCUT2D eigenvalue weighted by Crippen LogP contribution is 2.30. The number of pyridine rings is 1. The highest BCUT2D eigenvalue weighted by Gasteiger charge is 2.38. The fourth-order valence-corrected chi connectivity index (χ4v) is 1.99. The van der Waals surface area contributed by atoms with Gasteiger partial charge in [0.2, 0.25) is 5.91 Å². The van der Waals surface area contributed by atoms with E-state index < -0.39 is 5.41 Å². The maximum Gasteiger partial charge on any atom is 0.232 e. The van der Waals surface area contributed by atoms with E-state index in [2.05, 4.69) is 10.3 Å². The summed E-state index contributed by atoms with van der Waals surface area (Å²) in [7, 11) is 0. The summed E-state index contributed by atoms with van der Waals surface area (Å²) in [6.45, 7) is 1.54. The first-order valence-electron chi connectivity index (χ1n) is 5.76. The standard InChI is InChI=1S/C12H17N3O2.2ClH/c13-9-12(3-6-17-7-4-12)11(16)15-10-2-1-5-14-8-10;;/h1-2,5,8H,3-4,6-7,9,13H2,(H,15,16);2*1H. The molecule has 0 bridgehead atoms. The van der Waals surface area contributed by atoms with Crippen molar-refractivity contribution in [1.29, 1.82) is 0 Å². The van der Waals surface area contributed by atoms with Crippen molar-refractivity contribution in [2.24, 2.45) is 11.1 Å². The molecule has 0 spiro atoms. The Labute approximate surface area is 125 Å². The maximum atomic E-state index is 12.2. The van der Waals surface area contributed by atoms with Crippen LogP contribution in [0.25, 0.3) is 0 Å². The minimum Gasteiger partial charge on any atom is -0.381 e. The number of hydrogen-bond donors (Lipinski definition) is 2. The van der Waals surface area contributed by atoms with Crippen LogP contribution in [0.2, 0.25) is 0 Å². The molecular weight excluding hydrogens is 289 g/mol. The predicted molar refractivity (Wildman–Crippen MR) is 78.9 cm³/mol. The van der Waals surface area contributed by atoms with Gasteiger partial charge in [-0.1, -0.05) is 0 Å². The molecule has 0 aliphatic carbocycles. The van der Waals surface area contributed by atoms with Crippen LogP contribution < -0.4 is 11.1 Å². The number of hydrogen-bond acceptors (Lipinski definition) is 4. The summed E-state index contributed by atoms with van der Waals surface area (Å²) in [5, 5.41) is 2.87. The van der Waals surface area contributed by atoms with Crippen molar-refractivity contribution in [2.45, 2.75) is 12.8 Å². The third-order valence-electron chi connectivity index (χ3n) is 3.24. The normalized spacial score (nSPS) is 16.7. The number of amides is 1. The number of aromatic nitrogens is 1. The number of ether oxygens (including phenoxy) is 1. The molecule has 1 aliphatic heterocycles. The van der Waals surface area contributed by atoms with Crippen molar-refractivity contribution in [2.75, 3.05) is 25.1 Å². The van der Waals surface area contributed by atoms with Crippen molar-refractivity contribution in [3.05, 3.63) is 24.5 Å². The zero-order chi connectivity index (χ0) is 12.1. The maximum absolute atomic E-state index is 12.2. The van der Waals surface area contributed by atoms with Crippen LogP contribution in [-0.4, -0.2) is 30.6 Å². The quantitative estimate of drug-likeness (QED) is 0.889. The highest BCUT2D eigenvalue weighted by atomic mass is 35.5. The minimum atomic E-state index is -0.492. The van der Waals surface area contributed by atoms with Crippen molar-refractivity contribution in [1.82, 2.24) is 4.98 Å². The van der Waals surface area contributed by atoms with Crippen LogP contribution in [0.1, 0.15) is 12.8 Å². The molecular formula is C12H19Cl2N3O2. The van der Waals surface area contributed by atoms with Crippen LogP contribution in [0.5, 0.6) is 0 Å². The lowest BCUT2D eigenvalue weighted by atomic mass is 9.79. The third kappa shape index (κ3) is 4.31. The summed E-state index contributed by atoms with van der Waals surface area (Å²) in [6, 6.07) is 3.60. The Bertz CT molecular complexity index is 384. The van der Waals surface area contributed by atoms with E-state index in [0.717, 1.165) is 0 Å². The zero-order valence-corrected chi connectivity index (χ0v) is 12.1.